The maximum absolute atomic E-state index is 12.1. The van der Waals surface area contributed by atoms with Gasteiger partial charge in [0.15, 0.2) is 0 Å². The van der Waals surface area contributed by atoms with Crippen LogP contribution < -0.4 is 11.1 Å². The van der Waals surface area contributed by atoms with Gasteiger partial charge in [-0.2, -0.15) is 0 Å². The Morgan fingerprint density at radius 3 is 2.78 bits per heavy atom. The van der Waals surface area contributed by atoms with Crippen LogP contribution >= 0.6 is 0 Å². The minimum Gasteiger partial charge on any atom is -0.366 e. The molecule has 1 aliphatic heterocycles. The van der Waals surface area contributed by atoms with Crippen molar-refractivity contribution in [2.75, 3.05) is 13.6 Å². The van der Waals surface area contributed by atoms with Crippen molar-refractivity contribution in [3.05, 3.63) is 12.2 Å². The molecule has 0 saturated carbocycles. The van der Waals surface area contributed by atoms with Gasteiger partial charge in [0, 0.05) is 25.0 Å². The van der Waals surface area contributed by atoms with Crippen molar-refractivity contribution in [3.63, 3.8) is 0 Å². The van der Waals surface area contributed by atoms with E-state index < -0.39 is 11.9 Å². The van der Waals surface area contributed by atoms with Crippen molar-refractivity contribution >= 4 is 11.8 Å². The van der Waals surface area contributed by atoms with Gasteiger partial charge in [0.25, 0.3) is 0 Å². The predicted molar refractivity (Wildman–Crippen MR) is 69.4 cm³/mol. The van der Waals surface area contributed by atoms with Gasteiger partial charge in [-0.3, -0.25) is 14.5 Å². The summed E-state index contributed by atoms with van der Waals surface area (Å²) < 4.78 is 0. The van der Waals surface area contributed by atoms with Gasteiger partial charge in [0.2, 0.25) is 11.8 Å². The highest BCUT2D eigenvalue weighted by molar-refractivity contribution is 5.93. The molecule has 5 nitrogen and oxygen atoms in total. The molecule has 3 N–H and O–H groups in total. The lowest BCUT2D eigenvalue weighted by atomic mass is 10.1. The number of hydrogen-bond donors (Lipinski definition) is 2. The van der Waals surface area contributed by atoms with E-state index in [1.165, 1.54) is 0 Å². The molecular weight excluding hydrogens is 230 g/mol. The lowest BCUT2D eigenvalue weighted by Gasteiger charge is -2.25. The third-order valence-electron chi connectivity index (χ3n) is 3.04. The van der Waals surface area contributed by atoms with Gasteiger partial charge in [-0.1, -0.05) is 6.58 Å². The topological polar surface area (TPSA) is 75.4 Å². The number of nitrogens with zero attached hydrogens (tertiary/aromatic N) is 1. The molecule has 0 aromatic rings. The smallest absolute Gasteiger partial charge is 0.246 e. The van der Waals surface area contributed by atoms with Crippen LogP contribution in [0.25, 0.3) is 0 Å². The first-order valence-electron chi connectivity index (χ1n) is 5.88. The maximum atomic E-state index is 12.1. The quantitative estimate of drug-likeness (QED) is 0.527. The highest BCUT2D eigenvalue weighted by atomic mass is 16.2. The molecule has 0 spiro atoms. The SMILES string of the molecule is C=C(C(N)=O)C(C)NC(=O)C1CC#CCCN1C. The molecule has 0 fully saturated rings. The van der Waals surface area contributed by atoms with Crippen LogP contribution in [0.2, 0.25) is 0 Å². The molecule has 0 saturated heterocycles. The first kappa shape index (κ1) is 14.3. The zero-order chi connectivity index (χ0) is 13.7. The van der Waals surface area contributed by atoms with Crippen LogP contribution in [-0.2, 0) is 9.59 Å². The molecule has 18 heavy (non-hydrogen) atoms. The molecule has 0 radical (unpaired) electrons. The average Bonchev–Trinajstić information content (AvgIpc) is 2.52. The number of nitrogens with one attached hydrogen (secondary N) is 1. The second kappa shape index (κ2) is 6.22. The second-order valence-electron chi connectivity index (χ2n) is 4.42. The molecule has 0 aromatic carbocycles. The molecule has 0 aliphatic carbocycles. The van der Waals surface area contributed by atoms with E-state index in [2.05, 4.69) is 23.7 Å². The Hall–Kier alpha value is -1.80. The van der Waals surface area contributed by atoms with Gasteiger partial charge in [0.1, 0.15) is 0 Å². The van der Waals surface area contributed by atoms with Crippen LogP contribution in [0.5, 0.6) is 0 Å². The molecule has 2 unspecified atom stereocenters. The van der Waals surface area contributed by atoms with E-state index in [9.17, 15) is 9.59 Å². The van der Waals surface area contributed by atoms with E-state index in [4.69, 9.17) is 5.73 Å². The van der Waals surface area contributed by atoms with Gasteiger partial charge in [-0.25, -0.2) is 0 Å². The van der Waals surface area contributed by atoms with Crippen LogP contribution in [0.15, 0.2) is 12.2 Å². The summed E-state index contributed by atoms with van der Waals surface area (Å²) in [4.78, 5) is 25.0. The molecule has 98 valence electrons. The molecule has 0 aromatic heterocycles. The number of hydrogen-bond acceptors (Lipinski definition) is 3. The minimum atomic E-state index is -0.600. The molecule has 1 heterocycles. The van der Waals surface area contributed by atoms with Crippen molar-refractivity contribution in [2.45, 2.75) is 31.8 Å². The van der Waals surface area contributed by atoms with E-state index in [1.807, 2.05) is 11.9 Å². The van der Waals surface area contributed by atoms with Crippen molar-refractivity contribution in [3.8, 4) is 11.8 Å². The highest BCUT2D eigenvalue weighted by Gasteiger charge is 2.25. The lowest BCUT2D eigenvalue weighted by molar-refractivity contribution is -0.126. The Kier molecular flexibility index (Phi) is 4.93. The summed E-state index contributed by atoms with van der Waals surface area (Å²) in [5.74, 6) is 5.21. The number of nitrogens with two attached hydrogens (primary N) is 1. The summed E-state index contributed by atoms with van der Waals surface area (Å²) in [6, 6.07) is -0.747. The van der Waals surface area contributed by atoms with Crippen molar-refractivity contribution in [2.24, 2.45) is 5.73 Å². The number of likely N-dealkylation sites (N-methyl/N-ethyl adjacent to an activating group) is 1. The third-order valence-corrected chi connectivity index (χ3v) is 3.04. The van der Waals surface area contributed by atoms with Crippen molar-refractivity contribution < 1.29 is 9.59 Å². The largest absolute Gasteiger partial charge is 0.366 e. The summed E-state index contributed by atoms with van der Waals surface area (Å²) >= 11 is 0. The fraction of sp³-hybridized carbons (Fsp3) is 0.538. The van der Waals surface area contributed by atoms with Crippen molar-refractivity contribution in [1.29, 1.82) is 0 Å². The van der Waals surface area contributed by atoms with E-state index >= 15 is 0 Å². The zero-order valence-corrected chi connectivity index (χ0v) is 10.8. The third kappa shape index (κ3) is 3.60. The Labute approximate surface area is 107 Å². The summed E-state index contributed by atoms with van der Waals surface area (Å²) in [6.45, 7) is 6.01. The normalized spacial score (nSPS) is 21.1. The summed E-state index contributed by atoms with van der Waals surface area (Å²) in [5.41, 5.74) is 5.32. The first-order chi connectivity index (χ1) is 8.43. The predicted octanol–water partition coefficient (Wildman–Crippen LogP) is -0.370. The van der Waals surface area contributed by atoms with E-state index in [0.717, 1.165) is 13.0 Å². The van der Waals surface area contributed by atoms with E-state index in [1.54, 1.807) is 6.92 Å². The molecule has 2 atom stereocenters. The molecule has 2 amide bonds. The Balaban J connectivity index is 2.62. The number of rotatable bonds is 4. The Morgan fingerprint density at radius 1 is 1.50 bits per heavy atom. The van der Waals surface area contributed by atoms with Crippen LogP contribution in [0, 0.1) is 11.8 Å². The van der Waals surface area contributed by atoms with Gasteiger partial charge in [-0.05, 0) is 14.0 Å². The van der Waals surface area contributed by atoms with Crippen LogP contribution in [0.3, 0.4) is 0 Å². The number of primary amides is 1. The van der Waals surface area contributed by atoms with Gasteiger partial charge in [-0.15, -0.1) is 11.8 Å². The van der Waals surface area contributed by atoms with E-state index in [0.29, 0.717) is 6.42 Å². The Morgan fingerprint density at radius 2 is 2.17 bits per heavy atom. The maximum Gasteiger partial charge on any atom is 0.246 e. The van der Waals surface area contributed by atoms with E-state index in [-0.39, 0.29) is 17.5 Å². The molecular formula is C13H19N3O2. The van der Waals surface area contributed by atoms with Gasteiger partial charge in [0.05, 0.1) is 12.1 Å². The summed E-state index contributed by atoms with van der Waals surface area (Å²) in [5, 5.41) is 2.74. The average molecular weight is 249 g/mol. The number of amides is 2. The second-order valence-corrected chi connectivity index (χ2v) is 4.42. The van der Waals surface area contributed by atoms with Gasteiger partial charge >= 0.3 is 0 Å². The first-order valence-corrected chi connectivity index (χ1v) is 5.88. The summed E-state index contributed by atoms with van der Waals surface area (Å²) in [7, 11) is 1.88. The molecule has 0 bridgehead atoms. The monoisotopic (exact) mass is 249 g/mol. The molecule has 1 rings (SSSR count). The van der Waals surface area contributed by atoms with Crippen molar-refractivity contribution in [1.82, 2.24) is 10.2 Å². The Bertz CT molecular complexity index is 420. The standard InChI is InChI=1S/C13H19N3O2/c1-9(12(14)17)10(2)15-13(18)11-7-5-4-6-8-16(11)3/h10-11H,1,6-8H2,2-3H3,(H2,14,17)(H,15,18). The molecule has 1 aliphatic rings. The van der Waals surface area contributed by atoms with Crippen LogP contribution in [0.4, 0.5) is 0 Å². The highest BCUT2D eigenvalue weighted by Crippen LogP contribution is 2.07. The molecule has 5 heteroatoms. The summed E-state index contributed by atoms with van der Waals surface area (Å²) in [6.07, 6.45) is 1.27. The fourth-order valence-corrected chi connectivity index (χ4v) is 1.70. The number of carbonyl (C=O) groups excluding carboxylic acids is 2. The van der Waals surface area contributed by atoms with Crippen LogP contribution in [0.1, 0.15) is 19.8 Å². The zero-order valence-electron chi connectivity index (χ0n) is 10.8. The van der Waals surface area contributed by atoms with Crippen LogP contribution in [-0.4, -0.2) is 42.4 Å². The minimum absolute atomic E-state index is 0.149. The fourth-order valence-electron chi connectivity index (χ4n) is 1.70. The number of carbonyl (C=O) groups is 2. The van der Waals surface area contributed by atoms with Gasteiger partial charge < -0.3 is 11.1 Å². The lowest BCUT2D eigenvalue weighted by Crippen LogP contribution is -2.48.